The van der Waals surface area contributed by atoms with Crippen molar-refractivity contribution in [2.24, 2.45) is 0 Å². The number of fused-ring (bicyclic) bond motifs is 1. The van der Waals surface area contributed by atoms with E-state index in [2.05, 4.69) is 6.58 Å². The summed E-state index contributed by atoms with van der Waals surface area (Å²) in [5, 5.41) is 8.65. The Bertz CT molecular complexity index is 721. The lowest BCUT2D eigenvalue weighted by atomic mass is 9.99. The first-order valence-electron chi connectivity index (χ1n) is 7.06. The van der Waals surface area contributed by atoms with Crippen LogP contribution in [0.1, 0.15) is 15.9 Å². The van der Waals surface area contributed by atoms with E-state index in [0.717, 1.165) is 11.8 Å². The lowest BCUT2D eigenvalue weighted by Crippen LogP contribution is -2.10. The summed E-state index contributed by atoms with van der Waals surface area (Å²) in [4.78, 5) is 12.7. The standard InChI is InChI=1S/C19H18O4/c1-14-17(22-2)8-4-6-12-23-18-10-9-15(7-3-5-11-20)13-16(18)19(14)21/h3-11,13,20H,1,12H2,2H3/b6-4-,7-3-,11-5+,17-8+. The van der Waals surface area contributed by atoms with Crippen LogP contribution in [-0.4, -0.2) is 24.6 Å². The van der Waals surface area contributed by atoms with Gasteiger partial charge in [-0.2, -0.15) is 0 Å². The second kappa shape index (κ2) is 7.84. The maximum atomic E-state index is 12.7. The van der Waals surface area contributed by atoms with E-state index in [9.17, 15) is 4.79 Å². The highest BCUT2D eigenvalue weighted by Crippen LogP contribution is 2.26. The summed E-state index contributed by atoms with van der Waals surface area (Å²) < 4.78 is 10.9. The molecule has 0 spiro atoms. The molecule has 1 aromatic rings. The number of benzene rings is 1. The Morgan fingerprint density at radius 3 is 2.91 bits per heavy atom. The largest absolute Gasteiger partial charge is 0.516 e. The molecule has 0 atom stereocenters. The molecule has 0 unspecified atom stereocenters. The van der Waals surface area contributed by atoms with Crippen LogP contribution >= 0.6 is 0 Å². The Morgan fingerprint density at radius 1 is 1.35 bits per heavy atom. The summed E-state index contributed by atoms with van der Waals surface area (Å²) in [5.74, 6) is 0.660. The third-order valence-electron chi connectivity index (χ3n) is 3.24. The first-order valence-corrected chi connectivity index (χ1v) is 7.06. The predicted molar refractivity (Wildman–Crippen MR) is 90.4 cm³/mol. The molecular formula is C19H18O4. The van der Waals surface area contributed by atoms with Crippen molar-refractivity contribution in [1.29, 1.82) is 0 Å². The number of rotatable bonds is 3. The fourth-order valence-corrected chi connectivity index (χ4v) is 2.09. The van der Waals surface area contributed by atoms with E-state index in [1.165, 1.54) is 13.2 Å². The molecule has 2 rings (SSSR count). The first kappa shape index (κ1) is 16.4. The van der Waals surface area contributed by atoms with Crippen molar-refractivity contribution in [3.8, 4) is 5.75 Å². The van der Waals surface area contributed by atoms with Crippen molar-refractivity contribution in [1.82, 2.24) is 0 Å². The zero-order valence-corrected chi connectivity index (χ0v) is 12.9. The molecule has 23 heavy (non-hydrogen) atoms. The van der Waals surface area contributed by atoms with Crippen LogP contribution < -0.4 is 4.74 Å². The van der Waals surface area contributed by atoms with Crippen LogP contribution in [0, 0.1) is 0 Å². The zero-order chi connectivity index (χ0) is 16.7. The molecule has 0 aliphatic carbocycles. The van der Waals surface area contributed by atoms with Crippen molar-refractivity contribution < 1.29 is 19.4 Å². The average molecular weight is 310 g/mol. The number of aliphatic hydroxyl groups excluding tert-OH is 1. The van der Waals surface area contributed by atoms with Crippen molar-refractivity contribution >= 4 is 11.9 Å². The second-order valence-electron chi connectivity index (χ2n) is 4.74. The third kappa shape index (κ3) is 4.01. The van der Waals surface area contributed by atoms with Gasteiger partial charge in [0.25, 0.3) is 0 Å². The lowest BCUT2D eigenvalue weighted by molar-refractivity contribution is 0.102. The van der Waals surface area contributed by atoms with Crippen molar-refractivity contribution in [3.05, 3.63) is 83.9 Å². The monoisotopic (exact) mass is 310 g/mol. The molecule has 0 radical (unpaired) electrons. The Labute approximate surface area is 135 Å². The number of aliphatic hydroxyl groups is 1. The number of ketones is 1. The number of hydrogen-bond donors (Lipinski definition) is 1. The molecule has 0 bridgehead atoms. The molecule has 0 amide bonds. The summed E-state index contributed by atoms with van der Waals surface area (Å²) in [6.07, 6.45) is 11.1. The third-order valence-corrected chi connectivity index (χ3v) is 3.24. The molecule has 1 N–H and O–H groups in total. The van der Waals surface area contributed by atoms with Gasteiger partial charge < -0.3 is 14.6 Å². The van der Waals surface area contributed by atoms with E-state index >= 15 is 0 Å². The van der Waals surface area contributed by atoms with E-state index in [-0.39, 0.29) is 11.4 Å². The normalized spacial score (nSPS) is 19.1. The molecule has 1 aliphatic heterocycles. The first-order chi connectivity index (χ1) is 11.2. The number of hydrogen-bond acceptors (Lipinski definition) is 4. The number of allylic oxidation sites excluding steroid dienone is 5. The molecule has 0 fully saturated rings. The maximum Gasteiger partial charge on any atom is 0.199 e. The molecule has 118 valence electrons. The minimum atomic E-state index is -0.253. The van der Waals surface area contributed by atoms with Crippen LogP contribution in [0.25, 0.3) is 6.08 Å². The minimum absolute atomic E-state index is 0.253. The number of carbonyl (C=O) groups excluding carboxylic acids is 1. The van der Waals surface area contributed by atoms with Crippen LogP contribution in [0.15, 0.2) is 72.8 Å². The SMILES string of the molecule is C=C1C(=O)c2cc(/C=C\C=C\O)ccc2OC/C=C\C=C/1OC. The van der Waals surface area contributed by atoms with Crippen molar-refractivity contribution in [2.75, 3.05) is 13.7 Å². The Hall–Kier alpha value is -3.01. The minimum Gasteiger partial charge on any atom is -0.516 e. The quantitative estimate of drug-likeness (QED) is 0.521. The number of carbonyl (C=O) groups is 1. The van der Waals surface area contributed by atoms with Gasteiger partial charge in [0.15, 0.2) is 5.78 Å². The van der Waals surface area contributed by atoms with Gasteiger partial charge in [-0.1, -0.05) is 30.9 Å². The smallest absolute Gasteiger partial charge is 0.199 e. The number of Topliss-reactive ketones (excluding diaryl/α,β-unsaturated/α-hetero) is 1. The lowest BCUT2D eigenvalue weighted by Gasteiger charge is -2.14. The van der Waals surface area contributed by atoms with Crippen molar-refractivity contribution in [2.45, 2.75) is 0 Å². The predicted octanol–water partition coefficient (Wildman–Crippen LogP) is 3.99. The Balaban J connectivity index is 2.46. The Morgan fingerprint density at radius 2 is 2.17 bits per heavy atom. The van der Waals surface area contributed by atoms with Gasteiger partial charge in [-0.3, -0.25) is 4.79 Å². The highest BCUT2D eigenvalue weighted by Gasteiger charge is 2.20. The molecule has 1 aliphatic rings. The maximum absolute atomic E-state index is 12.7. The molecule has 0 saturated carbocycles. The van der Waals surface area contributed by atoms with E-state index < -0.39 is 0 Å². The fraction of sp³-hybridized carbons (Fsp3) is 0.105. The summed E-state index contributed by atoms with van der Waals surface area (Å²) in [5.41, 5.74) is 1.49. The van der Waals surface area contributed by atoms with Crippen LogP contribution in [0.5, 0.6) is 5.75 Å². The van der Waals surface area contributed by atoms with Gasteiger partial charge in [0.1, 0.15) is 18.1 Å². The van der Waals surface area contributed by atoms with E-state index in [1.54, 1.807) is 36.4 Å². The Kier molecular flexibility index (Phi) is 5.58. The molecule has 0 saturated heterocycles. The average Bonchev–Trinajstić information content (AvgIpc) is 2.57. The highest BCUT2D eigenvalue weighted by atomic mass is 16.5. The van der Waals surface area contributed by atoms with Crippen molar-refractivity contribution in [3.63, 3.8) is 0 Å². The fourth-order valence-electron chi connectivity index (χ4n) is 2.09. The summed E-state index contributed by atoms with van der Waals surface area (Å²) >= 11 is 0. The molecule has 1 heterocycles. The summed E-state index contributed by atoms with van der Waals surface area (Å²) in [6.45, 7) is 4.18. The second-order valence-corrected chi connectivity index (χ2v) is 4.74. The molecule has 0 aromatic heterocycles. The van der Waals surface area contributed by atoms with Crippen LogP contribution in [0.3, 0.4) is 0 Å². The van der Waals surface area contributed by atoms with E-state index in [1.807, 2.05) is 12.1 Å². The van der Waals surface area contributed by atoms with Gasteiger partial charge in [-0.25, -0.2) is 0 Å². The summed E-state index contributed by atoms with van der Waals surface area (Å²) in [7, 11) is 1.50. The molecule has 4 nitrogen and oxygen atoms in total. The van der Waals surface area contributed by atoms with Gasteiger partial charge in [-0.05, 0) is 35.9 Å². The van der Waals surface area contributed by atoms with Crippen LogP contribution in [-0.2, 0) is 4.74 Å². The van der Waals surface area contributed by atoms with Gasteiger partial charge in [0.05, 0.1) is 24.5 Å². The van der Waals surface area contributed by atoms with Gasteiger partial charge in [0.2, 0.25) is 0 Å². The number of ether oxygens (including phenoxy) is 2. The van der Waals surface area contributed by atoms with Crippen LogP contribution in [0.2, 0.25) is 0 Å². The number of methoxy groups -OCH3 is 1. The summed E-state index contributed by atoms with van der Waals surface area (Å²) in [6, 6.07) is 5.30. The highest BCUT2D eigenvalue weighted by molar-refractivity contribution is 6.12. The molecular weight excluding hydrogens is 292 g/mol. The van der Waals surface area contributed by atoms with Gasteiger partial charge in [-0.15, -0.1) is 0 Å². The zero-order valence-electron chi connectivity index (χ0n) is 12.9. The van der Waals surface area contributed by atoms with Gasteiger partial charge >= 0.3 is 0 Å². The molecule has 1 aromatic carbocycles. The van der Waals surface area contributed by atoms with Crippen LogP contribution in [0.4, 0.5) is 0 Å². The van der Waals surface area contributed by atoms with Gasteiger partial charge in [0, 0.05) is 0 Å². The topological polar surface area (TPSA) is 55.8 Å². The van der Waals surface area contributed by atoms with E-state index in [0.29, 0.717) is 23.7 Å². The molecule has 4 heteroatoms. The van der Waals surface area contributed by atoms with E-state index in [4.69, 9.17) is 14.6 Å².